The first-order valence-corrected chi connectivity index (χ1v) is 15.3. The number of hydrogen-bond acceptors (Lipinski definition) is 10. The van der Waals surface area contributed by atoms with Gasteiger partial charge in [0.15, 0.2) is 5.82 Å². The van der Waals surface area contributed by atoms with Gasteiger partial charge in [-0.3, -0.25) is 4.79 Å². The first kappa shape index (κ1) is 32.1. The topological polar surface area (TPSA) is 128 Å². The van der Waals surface area contributed by atoms with E-state index in [1.807, 2.05) is 43.3 Å². The van der Waals surface area contributed by atoms with E-state index >= 15 is 0 Å². The van der Waals surface area contributed by atoms with Gasteiger partial charge in [-0.2, -0.15) is 15.0 Å². The maximum atomic E-state index is 12.7. The minimum atomic E-state index is -0.391. The van der Waals surface area contributed by atoms with Crippen LogP contribution in [0.5, 0.6) is 0 Å². The van der Waals surface area contributed by atoms with Gasteiger partial charge in [0.2, 0.25) is 11.9 Å². The molecule has 2 aliphatic rings. The smallest absolute Gasteiger partial charge is 0.323 e. The number of ether oxygens (including phenoxy) is 2. The molecule has 2 aromatic carbocycles. The number of anilines is 4. The Balaban J connectivity index is 1.26. The van der Waals surface area contributed by atoms with Crippen LogP contribution in [0.1, 0.15) is 24.2 Å². The Morgan fingerprint density at radius 1 is 0.778 bits per heavy atom. The summed E-state index contributed by atoms with van der Waals surface area (Å²) >= 11 is 0. The lowest BCUT2D eigenvalue weighted by atomic mass is 10.2. The van der Waals surface area contributed by atoms with Crippen LogP contribution in [0.25, 0.3) is 11.4 Å². The molecular formula is C32H43N9O4. The van der Waals surface area contributed by atoms with Crippen molar-refractivity contribution in [2.24, 2.45) is 0 Å². The second-order valence-corrected chi connectivity index (χ2v) is 11.8. The van der Waals surface area contributed by atoms with Crippen LogP contribution >= 0.6 is 0 Å². The second kappa shape index (κ2) is 14.6. The summed E-state index contributed by atoms with van der Waals surface area (Å²) in [5.41, 5.74) is 2.57. The van der Waals surface area contributed by atoms with Gasteiger partial charge in [0.25, 0.3) is 5.91 Å². The number of benzene rings is 2. The number of rotatable bonds is 9. The van der Waals surface area contributed by atoms with Crippen molar-refractivity contribution in [3.63, 3.8) is 0 Å². The van der Waals surface area contributed by atoms with Gasteiger partial charge in [-0.25, -0.2) is 4.79 Å². The van der Waals surface area contributed by atoms with Gasteiger partial charge < -0.3 is 39.7 Å². The van der Waals surface area contributed by atoms with Crippen molar-refractivity contribution in [1.82, 2.24) is 24.8 Å². The average Bonchev–Trinajstić information content (AvgIpc) is 3.04. The van der Waals surface area contributed by atoms with Gasteiger partial charge in [0.1, 0.15) is 0 Å². The quantitative estimate of drug-likeness (QED) is 0.369. The maximum absolute atomic E-state index is 12.7. The van der Waals surface area contributed by atoms with Crippen molar-refractivity contribution >= 4 is 35.2 Å². The Bertz CT molecular complexity index is 1410. The number of carbonyl (C=O) groups is 2. The van der Waals surface area contributed by atoms with Crippen molar-refractivity contribution in [3.8, 4) is 11.4 Å². The SMILES string of the molecule is C[C@H]1COCCN1c1nc(-c2ccc(NC(=O)Nc3ccc(C(=O)N(C)CCN(C)C)cc3)cc2)nc(N2CCOC[C@@H]2C)n1. The van der Waals surface area contributed by atoms with E-state index in [4.69, 9.17) is 24.4 Å². The van der Waals surface area contributed by atoms with Crippen LogP contribution in [0, 0.1) is 0 Å². The molecule has 13 nitrogen and oxygen atoms in total. The summed E-state index contributed by atoms with van der Waals surface area (Å²) in [4.78, 5) is 48.0. The summed E-state index contributed by atoms with van der Waals surface area (Å²) in [5.74, 6) is 1.74. The molecule has 0 spiro atoms. The highest BCUT2D eigenvalue weighted by Gasteiger charge is 2.27. The molecule has 2 N–H and O–H groups in total. The van der Waals surface area contributed by atoms with Crippen LogP contribution in [0.4, 0.5) is 28.1 Å². The fraction of sp³-hybridized carbons (Fsp3) is 0.469. The molecular weight excluding hydrogens is 574 g/mol. The molecule has 240 valence electrons. The first-order chi connectivity index (χ1) is 21.7. The molecule has 2 atom stereocenters. The van der Waals surface area contributed by atoms with E-state index in [-0.39, 0.29) is 18.0 Å². The minimum Gasteiger partial charge on any atom is -0.377 e. The second-order valence-electron chi connectivity index (χ2n) is 11.8. The van der Waals surface area contributed by atoms with Crippen LogP contribution in [0.3, 0.4) is 0 Å². The molecule has 2 aliphatic heterocycles. The third-order valence-electron chi connectivity index (χ3n) is 7.88. The molecule has 2 fully saturated rings. The zero-order chi connectivity index (χ0) is 31.9. The number of aromatic nitrogens is 3. The number of urea groups is 1. The zero-order valence-corrected chi connectivity index (χ0v) is 26.7. The van der Waals surface area contributed by atoms with Crippen molar-refractivity contribution in [2.45, 2.75) is 25.9 Å². The lowest BCUT2D eigenvalue weighted by Crippen LogP contribution is -2.46. The molecule has 1 aromatic heterocycles. The molecule has 0 saturated carbocycles. The van der Waals surface area contributed by atoms with Gasteiger partial charge in [-0.1, -0.05) is 0 Å². The maximum Gasteiger partial charge on any atom is 0.323 e. The van der Waals surface area contributed by atoms with Crippen molar-refractivity contribution < 1.29 is 19.1 Å². The molecule has 45 heavy (non-hydrogen) atoms. The molecule has 13 heteroatoms. The van der Waals surface area contributed by atoms with E-state index in [2.05, 4.69) is 34.3 Å². The molecule has 0 aliphatic carbocycles. The summed E-state index contributed by atoms with van der Waals surface area (Å²) < 4.78 is 11.3. The fourth-order valence-electron chi connectivity index (χ4n) is 5.15. The summed E-state index contributed by atoms with van der Waals surface area (Å²) in [7, 11) is 5.72. The first-order valence-electron chi connectivity index (χ1n) is 15.3. The Morgan fingerprint density at radius 3 is 1.78 bits per heavy atom. The van der Waals surface area contributed by atoms with Gasteiger partial charge >= 0.3 is 6.03 Å². The van der Waals surface area contributed by atoms with Gasteiger partial charge in [-0.05, 0) is 76.5 Å². The van der Waals surface area contributed by atoms with Crippen molar-refractivity contribution in [3.05, 3.63) is 54.1 Å². The van der Waals surface area contributed by atoms with Crippen LogP contribution in [0.2, 0.25) is 0 Å². The number of likely N-dealkylation sites (N-methyl/N-ethyl adjacent to an activating group) is 2. The average molecular weight is 618 g/mol. The fourth-order valence-corrected chi connectivity index (χ4v) is 5.15. The highest BCUT2D eigenvalue weighted by atomic mass is 16.5. The number of hydrogen-bond donors (Lipinski definition) is 2. The van der Waals surface area contributed by atoms with Gasteiger partial charge in [0, 0.05) is 55.7 Å². The van der Waals surface area contributed by atoms with E-state index in [9.17, 15) is 9.59 Å². The molecule has 0 radical (unpaired) electrons. The summed E-state index contributed by atoms with van der Waals surface area (Å²) in [6.45, 7) is 9.48. The Hall–Kier alpha value is -4.33. The molecule has 0 unspecified atom stereocenters. The van der Waals surface area contributed by atoms with E-state index in [1.54, 1.807) is 36.2 Å². The lowest BCUT2D eigenvalue weighted by Gasteiger charge is -2.36. The number of nitrogens with zero attached hydrogens (tertiary/aromatic N) is 7. The van der Waals surface area contributed by atoms with E-state index < -0.39 is 6.03 Å². The number of morpholine rings is 2. The molecule has 3 amide bonds. The van der Waals surface area contributed by atoms with Crippen molar-refractivity contribution in [2.75, 3.05) is 94.2 Å². The number of nitrogens with one attached hydrogen (secondary N) is 2. The van der Waals surface area contributed by atoms with Crippen LogP contribution in [-0.4, -0.2) is 123 Å². The summed E-state index contributed by atoms with van der Waals surface area (Å²) in [5, 5.41) is 5.68. The Labute approximate surface area is 264 Å². The van der Waals surface area contributed by atoms with E-state index in [1.165, 1.54) is 0 Å². The summed E-state index contributed by atoms with van der Waals surface area (Å²) in [6, 6.07) is 14.2. The third kappa shape index (κ3) is 8.24. The molecule has 2 saturated heterocycles. The largest absolute Gasteiger partial charge is 0.377 e. The molecule has 3 aromatic rings. The number of amides is 3. The van der Waals surface area contributed by atoms with E-state index in [0.29, 0.717) is 80.7 Å². The highest BCUT2D eigenvalue weighted by Crippen LogP contribution is 2.26. The highest BCUT2D eigenvalue weighted by molar-refractivity contribution is 6.00. The normalized spacial score (nSPS) is 18.5. The predicted molar refractivity (Wildman–Crippen MR) is 175 cm³/mol. The third-order valence-corrected chi connectivity index (χ3v) is 7.88. The lowest BCUT2D eigenvalue weighted by molar-refractivity contribution is 0.0786. The Kier molecular flexibility index (Phi) is 10.4. The van der Waals surface area contributed by atoms with Crippen LogP contribution in [-0.2, 0) is 9.47 Å². The predicted octanol–water partition coefficient (Wildman–Crippen LogP) is 3.27. The van der Waals surface area contributed by atoms with Gasteiger partial charge in [0.05, 0.1) is 38.5 Å². The van der Waals surface area contributed by atoms with Gasteiger partial charge in [-0.15, -0.1) is 0 Å². The van der Waals surface area contributed by atoms with Crippen molar-refractivity contribution in [1.29, 1.82) is 0 Å². The molecule has 0 bridgehead atoms. The van der Waals surface area contributed by atoms with Crippen LogP contribution in [0.15, 0.2) is 48.5 Å². The van der Waals surface area contributed by atoms with E-state index in [0.717, 1.165) is 12.1 Å². The molecule has 3 heterocycles. The summed E-state index contributed by atoms with van der Waals surface area (Å²) in [6.07, 6.45) is 0. The standard InChI is InChI=1S/C32H43N9O4/c1-22-20-44-18-16-40(22)30-35-28(36-31(37-30)41-17-19-45-21-23(41)2)24-6-10-26(11-7-24)33-32(43)34-27-12-8-25(9-13-27)29(42)39(5)15-14-38(3)4/h6-13,22-23H,14-21H2,1-5H3,(H2,33,34,43)/t22-,23-/m0/s1. The molecule has 5 rings (SSSR count). The monoisotopic (exact) mass is 617 g/mol. The minimum absolute atomic E-state index is 0.0655. The zero-order valence-electron chi connectivity index (χ0n) is 26.7. The Morgan fingerprint density at radius 2 is 1.29 bits per heavy atom. The number of carbonyl (C=O) groups excluding carboxylic acids is 2. The van der Waals surface area contributed by atoms with Crippen LogP contribution < -0.4 is 20.4 Å².